The Hall–Kier alpha value is -3.17. The van der Waals surface area contributed by atoms with Crippen molar-refractivity contribution in [3.63, 3.8) is 0 Å². The molecule has 0 bridgehead atoms. The second-order valence-corrected chi connectivity index (χ2v) is 2.54. The van der Waals surface area contributed by atoms with Gasteiger partial charge in [0.2, 0.25) is 0 Å². The quantitative estimate of drug-likeness (QED) is 0.423. The van der Waals surface area contributed by atoms with E-state index < -0.39 is 29.8 Å². The molecule has 0 radical (unpaired) electrons. The molecule has 0 unspecified atom stereocenters. The summed E-state index contributed by atoms with van der Waals surface area (Å²) < 4.78 is 0. The van der Waals surface area contributed by atoms with Crippen LogP contribution in [0.4, 0.5) is 0 Å². The predicted molar refractivity (Wildman–Crippen MR) is 62.1 cm³/mol. The predicted octanol–water partition coefficient (Wildman–Crippen LogP) is -0.485. The van der Waals surface area contributed by atoms with Crippen LogP contribution in [0.25, 0.3) is 0 Å². The maximum Gasteiger partial charge on any atom is 0.328 e. The van der Waals surface area contributed by atoms with Gasteiger partial charge in [0.1, 0.15) is 0 Å². The Balaban J connectivity index is -0.000000230. The number of aliphatic carboxylic acids is 5. The van der Waals surface area contributed by atoms with E-state index in [2.05, 4.69) is 0 Å². The van der Waals surface area contributed by atoms with E-state index in [1.54, 1.807) is 0 Å². The third-order valence-electron chi connectivity index (χ3n) is 0.737. The van der Waals surface area contributed by atoms with Gasteiger partial charge in [-0.05, 0) is 0 Å². The van der Waals surface area contributed by atoms with Gasteiger partial charge in [-0.3, -0.25) is 4.79 Å². The maximum atomic E-state index is 9.55. The Kier molecular flexibility index (Phi) is 15.3. The second-order valence-electron chi connectivity index (χ2n) is 2.54. The van der Waals surface area contributed by atoms with Crippen LogP contribution in [0.15, 0.2) is 24.3 Å². The van der Waals surface area contributed by atoms with Crippen LogP contribution in [-0.4, -0.2) is 55.4 Å². The Bertz CT molecular complexity index is 348. The zero-order valence-electron chi connectivity index (χ0n) is 10.1. The van der Waals surface area contributed by atoms with Gasteiger partial charge in [-0.2, -0.15) is 0 Å². The minimum atomic E-state index is -1.26. The normalized spacial score (nSPS) is 8.85. The van der Waals surface area contributed by atoms with Crippen molar-refractivity contribution in [3.8, 4) is 0 Å². The molecular formula is C10H12O10. The van der Waals surface area contributed by atoms with Gasteiger partial charge in [-0.25, -0.2) is 19.2 Å². The van der Waals surface area contributed by atoms with E-state index in [-0.39, 0.29) is 0 Å². The average Bonchev–Trinajstić information content (AvgIpc) is 2.23. The summed E-state index contributed by atoms with van der Waals surface area (Å²) in [5.41, 5.74) is 0. The molecule has 10 heteroatoms. The van der Waals surface area contributed by atoms with Crippen molar-refractivity contribution in [1.82, 2.24) is 0 Å². The van der Waals surface area contributed by atoms with Gasteiger partial charge < -0.3 is 25.5 Å². The highest BCUT2D eigenvalue weighted by atomic mass is 16.4. The van der Waals surface area contributed by atoms with Crippen LogP contribution >= 0.6 is 0 Å². The van der Waals surface area contributed by atoms with Crippen molar-refractivity contribution in [2.45, 2.75) is 6.92 Å². The first-order valence-electron chi connectivity index (χ1n) is 4.46. The summed E-state index contributed by atoms with van der Waals surface area (Å²) in [6.07, 6.45) is 2.23. The molecular weight excluding hydrogens is 280 g/mol. The highest BCUT2D eigenvalue weighted by Gasteiger charge is 1.88. The summed E-state index contributed by atoms with van der Waals surface area (Å²) in [6, 6.07) is 0. The van der Waals surface area contributed by atoms with Crippen LogP contribution in [-0.2, 0) is 24.0 Å². The SMILES string of the molecule is CC(=O)O.O=C(O)/C=C/C(=O)O.O=C(O)/C=C/C(=O)O. The topological polar surface area (TPSA) is 186 Å². The van der Waals surface area contributed by atoms with Crippen molar-refractivity contribution in [1.29, 1.82) is 0 Å². The number of carbonyl (C=O) groups is 5. The highest BCUT2D eigenvalue weighted by molar-refractivity contribution is 5.90. The van der Waals surface area contributed by atoms with E-state index in [9.17, 15) is 19.2 Å². The van der Waals surface area contributed by atoms with Crippen LogP contribution < -0.4 is 0 Å². The third-order valence-corrected chi connectivity index (χ3v) is 0.737. The summed E-state index contributed by atoms with van der Waals surface area (Å²) >= 11 is 0. The molecule has 20 heavy (non-hydrogen) atoms. The van der Waals surface area contributed by atoms with Crippen molar-refractivity contribution in [2.75, 3.05) is 0 Å². The zero-order valence-corrected chi connectivity index (χ0v) is 10.1. The Labute approximate surface area is 111 Å². The molecule has 0 atom stereocenters. The van der Waals surface area contributed by atoms with Gasteiger partial charge in [-0.15, -0.1) is 0 Å². The summed E-state index contributed by atoms with van der Waals surface area (Å²) in [7, 11) is 0. The van der Waals surface area contributed by atoms with Crippen LogP contribution in [0.3, 0.4) is 0 Å². The molecule has 0 aromatic carbocycles. The van der Waals surface area contributed by atoms with Crippen LogP contribution in [0, 0.1) is 0 Å². The lowest BCUT2D eigenvalue weighted by molar-refractivity contribution is -0.134. The molecule has 0 amide bonds. The number of rotatable bonds is 4. The number of carboxylic acid groups (broad SMARTS) is 5. The molecule has 0 spiro atoms. The van der Waals surface area contributed by atoms with Gasteiger partial charge in [0.05, 0.1) is 0 Å². The van der Waals surface area contributed by atoms with Crippen LogP contribution in [0.2, 0.25) is 0 Å². The van der Waals surface area contributed by atoms with Crippen molar-refractivity contribution < 1.29 is 49.5 Å². The summed E-state index contributed by atoms with van der Waals surface area (Å²) in [6.45, 7) is 1.08. The highest BCUT2D eigenvalue weighted by Crippen LogP contribution is 1.71. The van der Waals surface area contributed by atoms with Crippen molar-refractivity contribution >= 4 is 29.8 Å². The lowest BCUT2D eigenvalue weighted by Crippen LogP contribution is -1.91. The molecule has 0 aliphatic heterocycles. The fourth-order valence-electron chi connectivity index (χ4n) is 0.285. The monoisotopic (exact) mass is 292 g/mol. The first-order valence-corrected chi connectivity index (χ1v) is 4.46. The van der Waals surface area contributed by atoms with Gasteiger partial charge in [0.15, 0.2) is 0 Å². The molecule has 0 saturated heterocycles. The fourth-order valence-corrected chi connectivity index (χ4v) is 0.285. The molecule has 0 rings (SSSR count). The first-order chi connectivity index (χ1) is 8.98. The molecule has 10 nitrogen and oxygen atoms in total. The number of hydrogen-bond acceptors (Lipinski definition) is 5. The lowest BCUT2D eigenvalue weighted by Gasteiger charge is -1.74. The number of carboxylic acids is 5. The Morgan fingerprint density at radius 3 is 0.700 bits per heavy atom. The lowest BCUT2D eigenvalue weighted by atomic mass is 10.5. The zero-order chi connectivity index (χ0) is 16.7. The van der Waals surface area contributed by atoms with Gasteiger partial charge >= 0.3 is 23.9 Å². The number of hydrogen-bond donors (Lipinski definition) is 5. The van der Waals surface area contributed by atoms with E-state index in [0.717, 1.165) is 6.92 Å². The smallest absolute Gasteiger partial charge is 0.328 e. The summed E-state index contributed by atoms with van der Waals surface area (Å²) in [5, 5.41) is 38.7. The molecule has 0 fully saturated rings. The summed E-state index contributed by atoms with van der Waals surface area (Å²) in [5.74, 6) is -5.86. The average molecular weight is 292 g/mol. The van der Waals surface area contributed by atoms with Crippen molar-refractivity contribution in [2.24, 2.45) is 0 Å². The van der Waals surface area contributed by atoms with E-state index in [1.807, 2.05) is 0 Å². The fraction of sp³-hybridized carbons (Fsp3) is 0.100. The Morgan fingerprint density at radius 1 is 0.550 bits per heavy atom. The molecule has 0 aromatic rings. The van der Waals surface area contributed by atoms with Crippen LogP contribution in [0.1, 0.15) is 6.92 Å². The van der Waals surface area contributed by atoms with E-state index >= 15 is 0 Å². The molecule has 5 N–H and O–H groups in total. The minimum absolute atomic E-state index is 0.558. The third kappa shape index (κ3) is 60.8. The van der Waals surface area contributed by atoms with Gasteiger partial charge in [0, 0.05) is 31.2 Å². The molecule has 0 aromatic heterocycles. The Morgan fingerprint density at radius 2 is 0.650 bits per heavy atom. The van der Waals surface area contributed by atoms with Crippen LogP contribution in [0.5, 0.6) is 0 Å². The van der Waals surface area contributed by atoms with Crippen molar-refractivity contribution in [3.05, 3.63) is 24.3 Å². The first kappa shape index (κ1) is 22.0. The standard InChI is InChI=1S/2C4H4O4.C2H4O2/c2*5-3(6)1-2-4(7)8;1-2(3)4/h2*1-2H,(H,5,6)(H,7,8);1H3,(H,3,4)/b2*2-1+;. The van der Waals surface area contributed by atoms with Gasteiger partial charge in [0.25, 0.3) is 5.97 Å². The summed E-state index contributed by atoms with van der Waals surface area (Å²) in [4.78, 5) is 47.2. The minimum Gasteiger partial charge on any atom is -0.481 e. The van der Waals surface area contributed by atoms with E-state index in [1.165, 1.54) is 0 Å². The molecule has 0 saturated carbocycles. The largest absolute Gasteiger partial charge is 0.481 e. The molecule has 0 heterocycles. The molecule has 0 aliphatic carbocycles. The maximum absolute atomic E-state index is 9.55. The van der Waals surface area contributed by atoms with E-state index in [0.29, 0.717) is 24.3 Å². The van der Waals surface area contributed by atoms with E-state index in [4.69, 9.17) is 30.3 Å². The second kappa shape index (κ2) is 13.9. The molecule has 112 valence electrons. The van der Waals surface area contributed by atoms with Gasteiger partial charge in [-0.1, -0.05) is 0 Å². The molecule has 0 aliphatic rings.